The first-order valence-electron chi connectivity index (χ1n) is 9.99. The molecule has 0 unspecified atom stereocenters. The van der Waals surface area contributed by atoms with Crippen molar-refractivity contribution in [2.75, 3.05) is 43.4 Å². The standard InChI is InChI=1S/C23H30N4OS/c1-23(2,3)18-11-9-17(10-12-18)21(28)25-22(29)24-19-7-5-6-8-20(19)27-15-13-26(4)14-16-27/h5-12H,13-16H2,1-4H3,(H2,24,25,28,29). The highest BCUT2D eigenvalue weighted by molar-refractivity contribution is 7.80. The number of para-hydroxylation sites is 2. The molecule has 154 valence electrons. The number of anilines is 2. The van der Waals surface area contributed by atoms with Crippen molar-refractivity contribution in [3.63, 3.8) is 0 Å². The molecule has 2 aromatic carbocycles. The van der Waals surface area contributed by atoms with Crippen molar-refractivity contribution in [2.45, 2.75) is 26.2 Å². The van der Waals surface area contributed by atoms with Crippen molar-refractivity contribution in [1.82, 2.24) is 10.2 Å². The van der Waals surface area contributed by atoms with Gasteiger partial charge in [-0.3, -0.25) is 10.1 Å². The fraction of sp³-hybridized carbons (Fsp3) is 0.391. The SMILES string of the molecule is CN1CCN(c2ccccc2NC(=S)NC(=O)c2ccc(C(C)(C)C)cc2)CC1. The Bertz CT molecular complexity index is 865. The molecule has 1 amide bonds. The highest BCUT2D eigenvalue weighted by Gasteiger charge is 2.18. The summed E-state index contributed by atoms with van der Waals surface area (Å²) in [7, 11) is 2.14. The van der Waals surface area contributed by atoms with E-state index in [2.05, 4.69) is 54.3 Å². The van der Waals surface area contributed by atoms with Crippen LogP contribution in [0.15, 0.2) is 48.5 Å². The predicted molar refractivity (Wildman–Crippen MR) is 125 cm³/mol. The summed E-state index contributed by atoms with van der Waals surface area (Å²) in [6.07, 6.45) is 0. The zero-order chi connectivity index (χ0) is 21.0. The number of amides is 1. The summed E-state index contributed by atoms with van der Waals surface area (Å²) in [5, 5.41) is 6.30. The first-order valence-corrected chi connectivity index (χ1v) is 10.4. The summed E-state index contributed by atoms with van der Waals surface area (Å²) in [4.78, 5) is 17.2. The van der Waals surface area contributed by atoms with E-state index in [1.54, 1.807) is 0 Å². The number of thiocarbonyl (C=S) groups is 1. The lowest BCUT2D eigenvalue weighted by Gasteiger charge is -2.35. The summed E-state index contributed by atoms with van der Waals surface area (Å²) in [5.41, 5.74) is 3.85. The number of carbonyl (C=O) groups excluding carboxylic acids is 1. The Kier molecular flexibility index (Phi) is 6.55. The van der Waals surface area contributed by atoms with Gasteiger partial charge in [0.1, 0.15) is 0 Å². The normalized spacial score (nSPS) is 15.1. The molecule has 0 aliphatic carbocycles. The summed E-state index contributed by atoms with van der Waals surface area (Å²) >= 11 is 5.41. The molecule has 29 heavy (non-hydrogen) atoms. The Balaban J connectivity index is 1.64. The van der Waals surface area contributed by atoms with E-state index in [1.165, 1.54) is 5.56 Å². The van der Waals surface area contributed by atoms with Crippen LogP contribution in [0.3, 0.4) is 0 Å². The molecule has 2 aromatic rings. The molecule has 0 radical (unpaired) electrons. The van der Waals surface area contributed by atoms with Gasteiger partial charge in [-0.15, -0.1) is 0 Å². The molecule has 6 heteroatoms. The molecule has 0 bridgehead atoms. The first-order chi connectivity index (χ1) is 13.7. The molecule has 1 heterocycles. The molecular weight excluding hydrogens is 380 g/mol. The van der Waals surface area contributed by atoms with Crippen LogP contribution in [0.1, 0.15) is 36.7 Å². The molecule has 1 aliphatic rings. The third kappa shape index (κ3) is 5.55. The van der Waals surface area contributed by atoms with Gasteiger partial charge in [0.2, 0.25) is 0 Å². The monoisotopic (exact) mass is 410 g/mol. The molecule has 2 N–H and O–H groups in total. The number of hydrogen-bond acceptors (Lipinski definition) is 4. The van der Waals surface area contributed by atoms with Crippen LogP contribution in [0, 0.1) is 0 Å². The zero-order valence-electron chi connectivity index (χ0n) is 17.7. The second kappa shape index (κ2) is 8.93. The van der Waals surface area contributed by atoms with Gasteiger partial charge in [-0.2, -0.15) is 0 Å². The van der Waals surface area contributed by atoms with E-state index in [4.69, 9.17) is 12.2 Å². The maximum atomic E-state index is 12.6. The zero-order valence-corrected chi connectivity index (χ0v) is 18.5. The van der Waals surface area contributed by atoms with Crippen molar-refractivity contribution < 1.29 is 4.79 Å². The van der Waals surface area contributed by atoms with Gasteiger partial charge < -0.3 is 15.1 Å². The van der Waals surface area contributed by atoms with Crippen molar-refractivity contribution >= 4 is 34.6 Å². The van der Waals surface area contributed by atoms with Gasteiger partial charge in [0, 0.05) is 31.7 Å². The molecule has 0 aromatic heterocycles. The van der Waals surface area contributed by atoms with Gasteiger partial charge in [0.25, 0.3) is 5.91 Å². The van der Waals surface area contributed by atoms with E-state index < -0.39 is 0 Å². The summed E-state index contributed by atoms with van der Waals surface area (Å²) in [5.74, 6) is -0.208. The molecule has 1 aliphatic heterocycles. The van der Waals surface area contributed by atoms with Crippen LogP contribution < -0.4 is 15.5 Å². The lowest BCUT2D eigenvalue weighted by atomic mass is 9.87. The van der Waals surface area contributed by atoms with Crippen LogP contribution in [-0.4, -0.2) is 49.1 Å². The van der Waals surface area contributed by atoms with E-state index in [1.807, 2.05) is 42.5 Å². The molecule has 0 saturated carbocycles. The van der Waals surface area contributed by atoms with Crippen molar-refractivity contribution in [3.8, 4) is 0 Å². The molecule has 1 saturated heterocycles. The average molecular weight is 411 g/mol. The highest BCUT2D eigenvalue weighted by atomic mass is 32.1. The summed E-state index contributed by atoms with van der Waals surface area (Å²) in [6, 6.07) is 15.7. The van der Waals surface area contributed by atoms with E-state index in [0.29, 0.717) is 10.7 Å². The number of hydrogen-bond donors (Lipinski definition) is 2. The number of benzene rings is 2. The predicted octanol–water partition coefficient (Wildman–Crippen LogP) is 3.86. The van der Waals surface area contributed by atoms with E-state index in [0.717, 1.165) is 37.6 Å². The van der Waals surface area contributed by atoms with E-state index in [9.17, 15) is 4.79 Å². The van der Waals surface area contributed by atoms with Crippen LogP contribution in [0.5, 0.6) is 0 Å². The molecule has 0 atom stereocenters. The van der Waals surface area contributed by atoms with Gasteiger partial charge in [-0.25, -0.2) is 0 Å². The van der Waals surface area contributed by atoms with Crippen LogP contribution in [-0.2, 0) is 5.41 Å². The van der Waals surface area contributed by atoms with Gasteiger partial charge in [0.15, 0.2) is 5.11 Å². The number of nitrogens with zero attached hydrogens (tertiary/aromatic N) is 2. The summed E-state index contributed by atoms with van der Waals surface area (Å²) < 4.78 is 0. The Morgan fingerprint density at radius 2 is 1.59 bits per heavy atom. The third-order valence-corrected chi connectivity index (χ3v) is 5.44. The van der Waals surface area contributed by atoms with Crippen LogP contribution in [0.25, 0.3) is 0 Å². The lowest BCUT2D eigenvalue weighted by molar-refractivity contribution is 0.0977. The summed E-state index contributed by atoms with van der Waals surface area (Å²) in [6.45, 7) is 10.4. The second-order valence-corrected chi connectivity index (χ2v) is 8.95. The van der Waals surface area contributed by atoms with Gasteiger partial charge in [-0.05, 0) is 54.5 Å². The average Bonchev–Trinajstić information content (AvgIpc) is 2.68. The minimum Gasteiger partial charge on any atom is -0.367 e. The maximum Gasteiger partial charge on any atom is 0.257 e. The Hall–Kier alpha value is -2.44. The van der Waals surface area contributed by atoms with Crippen molar-refractivity contribution in [3.05, 3.63) is 59.7 Å². The van der Waals surface area contributed by atoms with E-state index >= 15 is 0 Å². The number of rotatable bonds is 3. The Morgan fingerprint density at radius 1 is 0.966 bits per heavy atom. The second-order valence-electron chi connectivity index (χ2n) is 8.54. The van der Waals surface area contributed by atoms with Gasteiger partial charge in [-0.1, -0.05) is 45.0 Å². The first kappa shape index (κ1) is 21.3. The number of piperazine rings is 1. The fourth-order valence-electron chi connectivity index (χ4n) is 3.35. The maximum absolute atomic E-state index is 12.6. The Morgan fingerprint density at radius 3 is 2.21 bits per heavy atom. The largest absolute Gasteiger partial charge is 0.367 e. The Labute approximate surface area is 179 Å². The minimum absolute atomic E-state index is 0.0544. The lowest BCUT2D eigenvalue weighted by Crippen LogP contribution is -2.45. The van der Waals surface area contributed by atoms with Crippen LogP contribution >= 0.6 is 12.2 Å². The van der Waals surface area contributed by atoms with Gasteiger partial charge in [0.05, 0.1) is 11.4 Å². The van der Waals surface area contributed by atoms with Crippen molar-refractivity contribution in [1.29, 1.82) is 0 Å². The number of likely N-dealkylation sites (N-methyl/N-ethyl adjacent to an activating group) is 1. The third-order valence-electron chi connectivity index (χ3n) is 5.24. The fourth-order valence-corrected chi connectivity index (χ4v) is 3.56. The topological polar surface area (TPSA) is 47.6 Å². The molecule has 3 rings (SSSR count). The minimum atomic E-state index is -0.208. The van der Waals surface area contributed by atoms with Crippen molar-refractivity contribution in [2.24, 2.45) is 0 Å². The molecule has 5 nitrogen and oxygen atoms in total. The van der Waals surface area contributed by atoms with E-state index in [-0.39, 0.29) is 11.3 Å². The van der Waals surface area contributed by atoms with Crippen LogP contribution in [0.2, 0.25) is 0 Å². The highest BCUT2D eigenvalue weighted by Crippen LogP contribution is 2.26. The number of nitrogens with one attached hydrogen (secondary N) is 2. The molecule has 0 spiro atoms. The molecular formula is C23H30N4OS. The van der Waals surface area contributed by atoms with Gasteiger partial charge >= 0.3 is 0 Å². The molecule has 1 fully saturated rings. The quantitative estimate of drug-likeness (QED) is 0.753. The number of carbonyl (C=O) groups is 1. The van der Waals surface area contributed by atoms with Crippen LogP contribution in [0.4, 0.5) is 11.4 Å². The smallest absolute Gasteiger partial charge is 0.257 e.